The third-order valence-electron chi connectivity index (χ3n) is 9.91. The average molecular weight is 498 g/mol. The molecule has 4 atom stereocenters. The zero-order valence-electron chi connectivity index (χ0n) is 22.1. The fraction of sp³-hybridized carbons (Fsp3) is 0.885. The number of amides is 1. The summed E-state index contributed by atoms with van der Waals surface area (Å²) in [4.78, 5) is 13.7. The van der Waals surface area contributed by atoms with Gasteiger partial charge in [-0.2, -0.15) is 0 Å². The first kappa shape index (κ1) is 26.9. The van der Waals surface area contributed by atoms with E-state index in [2.05, 4.69) is 54.3 Å². The maximum absolute atomic E-state index is 13.7. The van der Waals surface area contributed by atoms with Gasteiger partial charge < -0.3 is 4.43 Å². The number of hydrogen-bond donors (Lipinski definition) is 0. The summed E-state index contributed by atoms with van der Waals surface area (Å²) < 4.78 is 34.3. The lowest BCUT2D eigenvalue weighted by molar-refractivity contribution is -0.133. The third-order valence-corrected chi connectivity index (χ3v) is 16.4. The van der Waals surface area contributed by atoms with Gasteiger partial charge in [0.2, 0.25) is 15.9 Å². The van der Waals surface area contributed by atoms with Gasteiger partial charge in [0.25, 0.3) is 0 Å². The van der Waals surface area contributed by atoms with Crippen LogP contribution in [0.15, 0.2) is 12.7 Å². The van der Waals surface area contributed by atoms with Crippen LogP contribution in [0.4, 0.5) is 0 Å². The SMILES string of the molecule is C=CCC[C@@H](CCCCO[Si](C)(C)C(C)(C)C)C(=O)N1C2CC3CCC2(CS1(=O)=O)C3(C)C. The van der Waals surface area contributed by atoms with Crippen LogP contribution in [0, 0.1) is 22.7 Å². The van der Waals surface area contributed by atoms with E-state index in [0.717, 1.165) is 38.5 Å². The molecule has 1 heterocycles. The van der Waals surface area contributed by atoms with E-state index in [9.17, 15) is 13.2 Å². The Morgan fingerprint density at radius 2 is 1.91 bits per heavy atom. The molecule has 0 aromatic heterocycles. The van der Waals surface area contributed by atoms with E-state index < -0.39 is 18.3 Å². The smallest absolute Gasteiger partial charge is 0.239 e. The maximum atomic E-state index is 13.7. The second kappa shape index (κ2) is 9.09. The Morgan fingerprint density at radius 3 is 2.48 bits per heavy atom. The molecule has 1 aliphatic heterocycles. The molecular weight excluding hydrogens is 450 g/mol. The number of hydrogen-bond acceptors (Lipinski definition) is 4. The van der Waals surface area contributed by atoms with E-state index in [1.807, 2.05) is 6.08 Å². The van der Waals surface area contributed by atoms with Crippen LogP contribution in [0.25, 0.3) is 0 Å². The molecule has 1 saturated heterocycles. The molecule has 3 rings (SSSR count). The summed E-state index contributed by atoms with van der Waals surface area (Å²) in [6, 6.07) is -0.142. The predicted octanol–water partition coefficient (Wildman–Crippen LogP) is 6.13. The zero-order valence-corrected chi connectivity index (χ0v) is 23.9. The van der Waals surface area contributed by atoms with E-state index in [0.29, 0.717) is 25.4 Å². The summed E-state index contributed by atoms with van der Waals surface area (Å²) in [6.07, 6.45) is 8.59. The first-order valence-electron chi connectivity index (χ1n) is 12.9. The average Bonchev–Trinajstić information content (AvgIpc) is 3.16. The first-order chi connectivity index (χ1) is 15.1. The van der Waals surface area contributed by atoms with Crippen molar-refractivity contribution >= 4 is 24.2 Å². The molecule has 0 aromatic carbocycles. The highest BCUT2D eigenvalue weighted by Crippen LogP contribution is 2.70. The van der Waals surface area contributed by atoms with Crippen molar-refractivity contribution in [1.29, 1.82) is 0 Å². The van der Waals surface area contributed by atoms with E-state index in [1.54, 1.807) is 0 Å². The Kier molecular flexibility index (Phi) is 7.42. The molecule has 2 bridgehead atoms. The summed E-state index contributed by atoms with van der Waals surface area (Å²) >= 11 is 0. The van der Waals surface area contributed by atoms with Crippen molar-refractivity contribution in [3.63, 3.8) is 0 Å². The Balaban J connectivity index is 1.67. The highest BCUT2D eigenvalue weighted by atomic mass is 32.2. The lowest BCUT2D eigenvalue weighted by atomic mass is 9.69. The molecule has 190 valence electrons. The molecule has 3 fully saturated rings. The van der Waals surface area contributed by atoms with Gasteiger partial charge in [0.1, 0.15) is 0 Å². The molecule has 0 aromatic rings. The lowest BCUT2D eigenvalue weighted by Gasteiger charge is -2.37. The summed E-state index contributed by atoms with van der Waals surface area (Å²) in [5.74, 6) is 0.247. The van der Waals surface area contributed by atoms with E-state index in [1.165, 1.54) is 4.31 Å². The monoisotopic (exact) mass is 497 g/mol. The summed E-state index contributed by atoms with van der Waals surface area (Å²) in [6.45, 7) is 20.2. The number of carbonyl (C=O) groups is 1. The highest BCUT2D eigenvalue weighted by Gasteiger charge is 2.72. The fourth-order valence-corrected chi connectivity index (χ4v) is 10.2. The van der Waals surface area contributed by atoms with Gasteiger partial charge in [-0.05, 0) is 74.4 Å². The van der Waals surface area contributed by atoms with Crippen molar-refractivity contribution in [2.45, 2.75) is 110 Å². The molecule has 3 unspecified atom stereocenters. The maximum Gasteiger partial charge on any atom is 0.239 e. The molecule has 33 heavy (non-hydrogen) atoms. The Bertz CT molecular complexity index is 860. The number of unbranched alkanes of at least 4 members (excludes halogenated alkanes) is 1. The van der Waals surface area contributed by atoms with Crippen molar-refractivity contribution in [3.8, 4) is 0 Å². The molecule has 0 radical (unpaired) electrons. The van der Waals surface area contributed by atoms with Crippen LogP contribution in [-0.2, 0) is 19.2 Å². The van der Waals surface area contributed by atoms with Gasteiger partial charge in [-0.15, -0.1) is 6.58 Å². The largest absolute Gasteiger partial charge is 0.417 e. The third kappa shape index (κ3) is 4.63. The molecule has 5 nitrogen and oxygen atoms in total. The molecule has 1 spiro atoms. The number of fused-ring (bicyclic) bond motifs is 1. The van der Waals surface area contributed by atoms with E-state index in [-0.39, 0.29) is 39.5 Å². The molecule has 3 aliphatic rings. The van der Waals surface area contributed by atoms with Gasteiger partial charge in [-0.1, -0.05) is 47.1 Å². The van der Waals surface area contributed by atoms with Crippen LogP contribution in [0.2, 0.25) is 18.1 Å². The van der Waals surface area contributed by atoms with Crippen LogP contribution < -0.4 is 0 Å². The lowest BCUT2D eigenvalue weighted by Crippen LogP contribution is -2.46. The molecule has 2 saturated carbocycles. The van der Waals surface area contributed by atoms with Gasteiger partial charge in [0.15, 0.2) is 8.32 Å². The zero-order chi connectivity index (χ0) is 24.9. The standard InChI is InChI=1S/C26H47NO4SSi/c1-9-10-13-20(14-11-12-17-31-33(7,8)24(2,3)4)23(28)27-22-18-21-15-16-26(22,25(21,5)6)19-32(27,29)30/h9,20-22H,1,10-19H2,2-8H3/t20-,21?,22?,26?/m0/s1. The van der Waals surface area contributed by atoms with Crippen LogP contribution in [0.5, 0.6) is 0 Å². The van der Waals surface area contributed by atoms with Crippen molar-refractivity contribution in [2.75, 3.05) is 12.4 Å². The minimum Gasteiger partial charge on any atom is -0.417 e. The predicted molar refractivity (Wildman–Crippen MR) is 138 cm³/mol. The normalized spacial score (nSPS) is 30.9. The number of rotatable bonds is 10. The summed E-state index contributed by atoms with van der Waals surface area (Å²) in [5, 5.41) is 0.184. The van der Waals surface area contributed by atoms with Gasteiger partial charge in [-0.3, -0.25) is 4.79 Å². The molecule has 0 N–H and O–H groups in total. The van der Waals surface area contributed by atoms with Gasteiger partial charge in [0.05, 0.1) is 11.8 Å². The topological polar surface area (TPSA) is 63.7 Å². The number of carbonyl (C=O) groups excluding carboxylic acids is 1. The second-order valence-electron chi connectivity index (χ2n) is 12.9. The Labute approximate surface area is 203 Å². The Hall–Kier alpha value is -0.663. The number of sulfonamides is 1. The van der Waals surface area contributed by atoms with Crippen LogP contribution in [-0.4, -0.2) is 45.3 Å². The van der Waals surface area contributed by atoms with E-state index >= 15 is 0 Å². The van der Waals surface area contributed by atoms with Gasteiger partial charge in [0, 0.05) is 17.9 Å². The highest BCUT2D eigenvalue weighted by molar-refractivity contribution is 7.90. The number of nitrogens with zero attached hydrogens (tertiary/aromatic N) is 1. The first-order valence-corrected chi connectivity index (χ1v) is 17.4. The van der Waals surface area contributed by atoms with Crippen molar-refractivity contribution < 1.29 is 17.6 Å². The van der Waals surface area contributed by atoms with Gasteiger partial charge in [-0.25, -0.2) is 12.7 Å². The molecule has 7 heteroatoms. The summed E-state index contributed by atoms with van der Waals surface area (Å²) in [7, 11) is -5.33. The van der Waals surface area contributed by atoms with E-state index in [4.69, 9.17) is 4.43 Å². The molecular formula is C26H47NO4SSi. The van der Waals surface area contributed by atoms with Crippen molar-refractivity contribution in [2.24, 2.45) is 22.7 Å². The van der Waals surface area contributed by atoms with Crippen molar-refractivity contribution in [3.05, 3.63) is 12.7 Å². The quantitative estimate of drug-likeness (QED) is 0.207. The molecule has 1 amide bonds. The second-order valence-corrected chi connectivity index (χ2v) is 19.6. The number of allylic oxidation sites excluding steroid dienone is 1. The Morgan fingerprint density at radius 1 is 1.24 bits per heavy atom. The summed E-state index contributed by atoms with van der Waals surface area (Å²) in [5.41, 5.74) is -0.274. The van der Waals surface area contributed by atoms with Gasteiger partial charge >= 0.3 is 0 Å². The van der Waals surface area contributed by atoms with Crippen LogP contribution in [0.3, 0.4) is 0 Å². The molecule has 2 aliphatic carbocycles. The van der Waals surface area contributed by atoms with Crippen LogP contribution in [0.1, 0.15) is 86.0 Å². The fourth-order valence-electron chi connectivity index (χ4n) is 6.51. The minimum absolute atomic E-state index is 0.0164. The minimum atomic E-state index is -3.56. The van der Waals surface area contributed by atoms with Crippen LogP contribution >= 0.6 is 0 Å². The van der Waals surface area contributed by atoms with Crippen molar-refractivity contribution in [1.82, 2.24) is 4.31 Å².